The molecule has 0 unspecified atom stereocenters. The first-order valence-electron chi connectivity index (χ1n) is 6.07. The monoisotopic (exact) mass is 339 g/mol. The highest BCUT2D eigenvalue weighted by atomic mass is 19.4. The van der Waals surface area contributed by atoms with Crippen LogP contribution in [0.1, 0.15) is 16.8 Å². The van der Waals surface area contributed by atoms with Crippen LogP contribution in [0.2, 0.25) is 0 Å². The molecule has 0 aliphatic carbocycles. The minimum absolute atomic E-state index is 0.310. The number of hydrogen-bond acceptors (Lipinski definition) is 3. The first-order chi connectivity index (χ1) is 10.6. The summed E-state index contributed by atoms with van der Waals surface area (Å²) in [6.45, 7) is -0.517. The van der Waals surface area contributed by atoms with E-state index in [1.807, 2.05) is 0 Å². The number of hydrogen-bond donors (Lipinski definition) is 1. The standard InChI is InChI=1S/C13H8F7N3/c14-8-2-1-7(9(5-8)12(15,16)17)6-22-11-21-4-3-10(23-11)13(18,19)20/h1-5H,6H2,(H,21,22,23). The Kier molecular flexibility index (Phi) is 4.44. The van der Waals surface area contributed by atoms with Crippen molar-refractivity contribution in [2.75, 3.05) is 5.32 Å². The largest absolute Gasteiger partial charge is 0.433 e. The van der Waals surface area contributed by atoms with Crippen LogP contribution in [0.4, 0.5) is 36.7 Å². The molecule has 0 amide bonds. The van der Waals surface area contributed by atoms with Gasteiger partial charge in [0.1, 0.15) is 11.5 Å². The van der Waals surface area contributed by atoms with Crippen molar-refractivity contribution in [3.63, 3.8) is 0 Å². The zero-order valence-corrected chi connectivity index (χ0v) is 11.1. The number of rotatable bonds is 3. The van der Waals surface area contributed by atoms with Crippen molar-refractivity contribution in [3.8, 4) is 0 Å². The molecule has 0 aliphatic heterocycles. The Morgan fingerprint density at radius 3 is 2.26 bits per heavy atom. The Bertz CT molecular complexity index is 695. The fraction of sp³-hybridized carbons (Fsp3) is 0.231. The predicted molar refractivity (Wildman–Crippen MR) is 65.8 cm³/mol. The summed E-state index contributed by atoms with van der Waals surface area (Å²) >= 11 is 0. The van der Waals surface area contributed by atoms with E-state index in [1.165, 1.54) is 0 Å². The average Bonchev–Trinajstić information content (AvgIpc) is 2.44. The number of anilines is 1. The van der Waals surface area contributed by atoms with Crippen molar-refractivity contribution < 1.29 is 30.7 Å². The van der Waals surface area contributed by atoms with Gasteiger partial charge in [-0.2, -0.15) is 26.3 Å². The maximum atomic E-state index is 13.0. The number of halogens is 7. The first kappa shape index (κ1) is 17.0. The molecule has 23 heavy (non-hydrogen) atoms. The molecule has 1 N–H and O–H groups in total. The third-order valence-corrected chi connectivity index (χ3v) is 2.76. The zero-order chi connectivity index (χ0) is 17.3. The van der Waals surface area contributed by atoms with Gasteiger partial charge in [-0.25, -0.2) is 14.4 Å². The van der Waals surface area contributed by atoms with Gasteiger partial charge in [0, 0.05) is 12.7 Å². The fourth-order valence-corrected chi connectivity index (χ4v) is 1.74. The lowest BCUT2D eigenvalue weighted by molar-refractivity contribution is -0.141. The molecular formula is C13H8F7N3. The Hall–Kier alpha value is -2.39. The van der Waals surface area contributed by atoms with E-state index in [1.54, 1.807) is 0 Å². The van der Waals surface area contributed by atoms with Gasteiger partial charge in [0.2, 0.25) is 5.95 Å². The van der Waals surface area contributed by atoms with E-state index in [4.69, 9.17) is 0 Å². The first-order valence-corrected chi connectivity index (χ1v) is 6.07. The van der Waals surface area contributed by atoms with Gasteiger partial charge in [-0.3, -0.25) is 0 Å². The normalized spacial score (nSPS) is 12.3. The number of aromatic nitrogens is 2. The molecule has 2 aromatic rings. The maximum absolute atomic E-state index is 13.0. The molecule has 0 bridgehead atoms. The second-order valence-electron chi connectivity index (χ2n) is 4.42. The van der Waals surface area contributed by atoms with E-state index < -0.39 is 41.9 Å². The molecule has 1 heterocycles. The molecule has 2 rings (SSSR count). The summed E-state index contributed by atoms with van der Waals surface area (Å²) in [4.78, 5) is 6.67. The smallest absolute Gasteiger partial charge is 0.350 e. The molecular weight excluding hydrogens is 331 g/mol. The van der Waals surface area contributed by atoms with Crippen molar-refractivity contribution in [1.29, 1.82) is 0 Å². The minimum atomic E-state index is -4.80. The lowest BCUT2D eigenvalue weighted by atomic mass is 10.1. The lowest BCUT2D eigenvalue weighted by Crippen LogP contribution is -2.14. The van der Waals surface area contributed by atoms with E-state index in [0.29, 0.717) is 12.1 Å². The van der Waals surface area contributed by atoms with Crippen LogP contribution in [-0.2, 0) is 18.9 Å². The predicted octanol–water partition coefficient (Wildman–Crippen LogP) is 4.27. The summed E-state index contributed by atoms with van der Waals surface area (Å²) in [6, 6.07) is 2.65. The lowest BCUT2D eigenvalue weighted by Gasteiger charge is -2.14. The molecule has 0 radical (unpaired) electrons. The second kappa shape index (κ2) is 6.01. The molecule has 124 valence electrons. The minimum Gasteiger partial charge on any atom is -0.350 e. The second-order valence-corrected chi connectivity index (χ2v) is 4.42. The maximum Gasteiger partial charge on any atom is 0.433 e. The van der Waals surface area contributed by atoms with E-state index in [9.17, 15) is 30.7 Å². The van der Waals surface area contributed by atoms with Gasteiger partial charge in [0.25, 0.3) is 0 Å². The van der Waals surface area contributed by atoms with E-state index >= 15 is 0 Å². The van der Waals surface area contributed by atoms with Crippen LogP contribution in [0.15, 0.2) is 30.5 Å². The van der Waals surface area contributed by atoms with E-state index in [-0.39, 0.29) is 5.56 Å². The molecule has 0 aliphatic rings. The summed E-state index contributed by atoms with van der Waals surface area (Å²) in [6.07, 6.45) is -8.67. The molecule has 0 saturated heterocycles. The number of nitrogens with one attached hydrogen (secondary N) is 1. The van der Waals surface area contributed by atoms with E-state index in [2.05, 4.69) is 15.3 Å². The van der Waals surface area contributed by atoms with Crippen LogP contribution in [0.5, 0.6) is 0 Å². The van der Waals surface area contributed by atoms with Gasteiger partial charge in [-0.05, 0) is 23.8 Å². The molecule has 0 saturated carbocycles. The molecule has 0 fully saturated rings. The fourth-order valence-electron chi connectivity index (χ4n) is 1.74. The summed E-state index contributed by atoms with van der Waals surface area (Å²) in [5.74, 6) is -1.56. The molecule has 3 nitrogen and oxygen atoms in total. The Labute approximate surface area is 125 Å². The molecule has 0 spiro atoms. The summed E-state index contributed by atoms with van der Waals surface area (Å²) in [5, 5.41) is 2.26. The number of benzene rings is 1. The third kappa shape index (κ3) is 4.30. The SMILES string of the molecule is Fc1ccc(CNc2nccc(C(F)(F)F)n2)c(C(F)(F)F)c1. The Morgan fingerprint density at radius 2 is 1.65 bits per heavy atom. The van der Waals surface area contributed by atoms with Gasteiger partial charge >= 0.3 is 12.4 Å². The summed E-state index contributed by atoms with van der Waals surface area (Å²) < 4.78 is 88.8. The van der Waals surface area contributed by atoms with E-state index in [0.717, 1.165) is 18.3 Å². The zero-order valence-electron chi connectivity index (χ0n) is 11.1. The van der Waals surface area contributed by atoms with Crippen LogP contribution >= 0.6 is 0 Å². The quantitative estimate of drug-likeness (QED) is 0.849. The van der Waals surface area contributed by atoms with Crippen molar-refractivity contribution in [3.05, 3.63) is 53.1 Å². The topological polar surface area (TPSA) is 37.8 Å². The number of alkyl halides is 6. The van der Waals surface area contributed by atoms with Crippen LogP contribution < -0.4 is 5.32 Å². The molecule has 0 atom stereocenters. The van der Waals surface area contributed by atoms with Crippen molar-refractivity contribution in [2.45, 2.75) is 18.9 Å². The Morgan fingerprint density at radius 1 is 0.957 bits per heavy atom. The van der Waals surface area contributed by atoms with Crippen LogP contribution in [0.25, 0.3) is 0 Å². The van der Waals surface area contributed by atoms with Gasteiger partial charge in [0.15, 0.2) is 0 Å². The molecule has 10 heteroatoms. The highest BCUT2D eigenvalue weighted by Gasteiger charge is 2.34. The van der Waals surface area contributed by atoms with Crippen molar-refractivity contribution >= 4 is 5.95 Å². The summed E-state index contributed by atoms with van der Waals surface area (Å²) in [7, 11) is 0. The highest BCUT2D eigenvalue weighted by Crippen LogP contribution is 2.33. The summed E-state index contributed by atoms with van der Waals surface area (Å²) in [5.41, 5.74) is -2.80. The van der Waals surface area contributed by atoms with Gasteiger partial charge in [-0.1, -0.05) is 6.07 Å². The third-order valence-electron chi connectivity index (χ3n) is 2.76. The molecule has 1 aromatic carbocycles. The van der Waals surface area contributed by atoms with Gasteiger partial charge < -0.3 is 5.32 Å². The average molecular weight is 339 g/mol. The van der Waals surface area contributed by atoms with Crippen LogP contribution in [-0.4, -0.2) is 9.97 Å². The Balaban J connectivity index is 2.22. The van der Waals surface area contributed by atoms with Crippen molar-refractivity contribution in [2.24, 2.45) is 0 Å². The van der Waals surface area contributed by atoms with Gasteiger partial charge in [-0.15, -0.1) is 0 Å². The van der Waals surface area contributed by atoms with Crippen LogP contribution in [0.3, 0.4) is 0 Å². The van der Waals surface area contributed by atoms with Gasteiger partial charge in [0.05, 0.1) is 5.56 Å². The van der Waals surface area contributed by atoms with Crippen molar-refractivity contribution in [1.82, 2.24) is 9.97 Å². The van der Waals surface area contributed by atoms with Crippen LogP contribution in [0, 0.1) is 5.82 Å². The highest BCUT2D eigenvalue weighted by molar-refractivity contribution is 5.35. The molecule has 1 aromatic heterocycles. The number of nitrogens with zero attached hydrogens (tertiary/aromatic N) is 2.